The second kappa shape index (κ2) is 7.50. The van der Waals surface area contributed by atoms with E-state index in [9.17, 15) is 13.2 Å². The third kappa shape index (κ3) is 4.26. The summed E-state index contributed by atoms with van der Waals surface area (Å²) in [4.78, 5) is 14.4. The van der Waals surface area contributed by atoms with Crippen LogP contribution in [0.4, 0.5) is 11.4 Å². The SMILES string of the molecule is CC1(C)Nc2ccccc2N(CCCOS(=O)(=O)c2cccc(Cl)c2)C1=O. The van der Waals surface area contributed by atoms with Crippen molar-refractivity contribution in [3.63, 3.8) is 0 Å². The molecule has 0 saturated carbocycles. The van der Waals surface area contributed by atoms with Crippen molar-refractivity contribution in [2.24, 2.45) is 0 Å². The molecule has 1 aliphatic rings. The van der Waals surface area contributed by atoms with Crippen molar-refractivity contribution in [2.75, 3.05) is 23.4 Å². The lowest BCUT2D eigenvalue weighted by molar-refractivity contribution is -0.122. The maximum Gasteiger partial charge on any atom is 0.297 e. The standard InChI is InChI=1S/C19H21ClN2O4S/c1-19(2)18(23)22(17-10-4-3-9-16(17)21-19)11-6-12-26-27(24,25)15-8-5-7-14(20)13-15/h3-5,7-10,13,21H,6,11-12H2,1-2H3. The van der Waals surface area contributed by atoms with Gasteiger partial charge in [-0.2, -0.15) is 8.42 Å². The van der Waals surface area contributed by atoms with E-state index in [0.29, 0.717) is 18.0 Å². The molecule has 8 heteroatoms. The number of hydrogen-bond acceptors (Lipinski definition) is 5. The minimum Gasteiger partial charge on any atom is -0.370 e. The predicted molar refractivity (Wildman–Crippen MR) is 106 cm³/mol. The van der Waals surface area contributed by atoms with Gasteiger partial charge in [0, 0.05) is 11.6 Å². The molecule has 2 aromatic rings. The number of carbonyl (C=O) groups excluding carboxylic acids is 1. The monoisotopic (exact) mass is 408 g/mol. The van der Waals surface area contributed by atoms with Crippen molar-refractivity contribution in [1.82, 2.24) is 0 Å². The molecule has 0 atom stereocenters. The van der Waals surface area contributed by atoms with Crippen LogP contribution >= 0.6 is 11.6 Å². The summed E-state index contributed by atoms with van der Waals surface area (Å²) >= 11 is 5.83. The fourth-order valence-electron chi connectivity index (χ4n) is 2.96. The zero-order chi connectivity index (χ0) is 19.7. The highest BCUT2D eigenvalue weighted by molar-refractivity contribution is 7.86. The summed E-state index contributed by atoms with van der Waals surface area (Å²) < 4.78 is 29.6. The number of anilines is 2. The molecule has 144 valence electrons. The van der Waals surface area contributed by atoms with E-state index in [1.165, 1.54) is 12.1 Å². The van der Waals surface area contributed by atoms with Crippen LogP contribution in [0.2, 0.25) is 5.02 Å². The van der Waals surface area contributed by atoms with Crippen molar-refractivity contribution in [3.05, 3.63) is 53.6 Å². The maximum atomic E-state index is 12.7. The van der Waals surface area contributed by atoms with Crippen LogP contribution in [0.25, 0.3) is 0 Å². The van der Waals surface area contributed by atoms with Crippen LogP contribution in [-0.4, -0.2) is 33.0 Å². The molecule has 3 rings (SSSR count). The summed E-state index contributed by atoms with van der Waals surface area (Å²) in [7, 11) is -3.88. The van der Waals surface area contributed by atoms with Crippen molar-refractivity contribution in [2.45, 2.75) is 30.7 Å². The number of carbonyl (C=O) groups is 1. The first-order valence-electron chi connectivity index (χ1n) is 8.55. The first kappa shape index (κ1) is 19.7. The van der Waals surface area contributed by atoms with E-state index in [4.69, 9.17) is 15.8 Å². The Kier molecular flexibility index (Phi) is 5.46. The van der Waals surface area contributed by atoms with Crippen molar-refractivity contribution >= 4 is 39.0 Å². The summed E-state index contributed by atoms with van der Waals surface area (Å²) in [6, 6.07) is 13.5. The number of para-hydroxylation sites is 2. The molecule has 27 heavy (non-hydrogen) atoms. The smallest absolute Gasteiger partial charge is 0.297 e. The minimum absolute atomic E-state index is 0.0136. The maximum absolute atomic E-state index is 12.7. The lowest BCUT2D eigenvalue weighted by atomic mass is 9.98. The van der Waals surface area contributed by atoms with Gasteiger partial charge in [-0.25, -0.2) is 0 Å². The van der Waals surface area contributed by atoms with Crippen LogP contribution in [-0.2, 0) is 19.1 Å². The van der Waals surface area contributed by atoms with Gasteiger partial charge in [-0.1, -0.05) is 29.8 Å². The molecule has 0 aliphatic carbocycles. The number of fused-ring (bicyclic) bond motifs is 1. The van der Waals surface area contributed by atoms with Crippen LogP contribution in [0, 0.1) is 0 Å². The van der Waals surface area contributed by atoms with Gasteiger partial charge in [0.05, 0.1) is 22.9 Å². The quantitative estimate of drug-likeness (QED) is 0.583. The lowest BCUT2D eigenvalue weighted by Gasteiger charge is -2.40. The van der Waals surface area contributed by atoms with Gasteiger partial charge in [0.1, 0.15) is 5.54 Å². The zero-order valence-corrected chi connectivity index (χ0v) is 16.7. The molecule has 1 amide bonds. The Morgan fingerprint density at radius 1 is 1.15 bits per heavy atom. The number of nitrogens with one attached hydrogen (secondary N) is 1. The molecule has 0 unspecified atom stereocenters. The second-order valence-corrected chi connectivity index (χ2v) is 8.86. The predicted octanol–water partition coefficient (Wildman–Crippen LogP) is 3.67. The molecular weight excluding hydrogens is 388 g/mol. The van der Waals surface area contributed by atoms with Crippen LogP contribution in [0.5, 0.6) is 0 Å². The average Bonchev–Trinajstić information content (AvgIpc) is 2.61. The van der Waals surface area contributed by atoms with Gasteiger partial charge in [-0.05, 0) is 50.6 Å². The minimum atomic E-state index is -3.88. The second-order valence-electron chi connectivity index (χ2n) is 6.81. The van der Waals surface area contributed by atoms with E-state index in [1.54, 1.807) is 17.0 Å². The molecule has 6 nitrogen and oxygen atoms in total. The summed E-state index contributed by atoms with van der Waals surface area (Å²) in [5, 5.41) is 3.55. The summed E-state index contributed by atoms with van der Waals surface area (Å²) in [5.74, 6) is -0.0705. The molecule has 0 aromatic heterocycles. The Morgan fingerprint density at radius 2 is 1.89 bits per heavy atom. The highest BCUT2D eigenvalue weighted by Gasteiger charge is 2.38. The third-order valence-corrected chi connectivity index (χ3v) is 5.81. The number of amides is 1. The summed E-state index contributed by atoms with van der Waals surface area (Å²) in [5.41, 5.74) is 0.913. The van der Waals surface area contributed by atoms with Crippen molar-refractivity contribution in [1.29, 1.82) is 0 Å². The van der Waals surface area contributed by atoms with E-state index in [-0.39, 0.29) is 17.4 Å². The van der Waals surface area contributed by atoms with Gasteiger partial charge >= 0.3 is 0 Å². The van der Waals surface area contributed by atoms with E-state index in [2.05, 4.69) is 5.32 Å². The first-order chi connectivity index (χ1) is 12.7. The number of hydrogen-bond donors (Lipinski definition) is 1. The van der Waals surface area contributed by atoms with Gasteiger partial charge in [-0.3, -0.25) is 8.98 Å². The van der Waals surface area contributed by atoms with Gasteiger partial charge in [0.15, 0.2) is 0 Å². The first-order valence-corrected chi connectivity index (χ1v) is 10.3. The molecule has 1 heterocycles. The van der Waals surface area contributed by atoms with E-state index in [1.807, 2.05) is 38.1 Å². The molecule has 0 radical (unpaired) electrons. The number of benzene rings is 2. The number of halogens is 1. The van der Waals surface area contributed by atoms with E-state index >= 15 is 0 Å². The topological polar surface area (TPSA) is 75.7 Å². The van der Waals surface area contributed by atoms with Gasteiger partial charge in [-0.15, -0.1) is 0 Å². The largest absolute Gasteiger partial charge is 0.370 e. The molecule has 1 N–H and O–H groups in total. The number of rotatable bonds is 6. The molecule has 0 saturated heterocycles. The fourth-order valence-corrected chi connectivity index (χ4v) is 4.20. The zero-order valence-electron chi connectivity index (χ0n) is 15.1. The lowest BCUT2D eigenvalue weighted by Crippen LogP contribution is -2.54. The van der Waals surface area contributed by atoms with Crippen LogP contribution < -0.4 is 10.2 Å². The van der Waals surface area contributed by atoms with E-state index in [0.717, 1.165) is 11.4 Å². The van der Waals surface area contributed by atoms with E-state index < -0.39 is 15.7 Å². The Balaban J connectivity index is 1.66. The van der Waals surface area contributed by atoms with Gasteiger partial charge in [0.2, 0.25) is 0 Å². The number of nitrogens with zero attached hydrogens (tertiary/aromatic N) is 1. The van der Waals surface area contributed by atoms with Crippen molar-refractivity contribution in [3.8, 4) is 0 Å². The normalized spacial score (nSPS) is 16.0. The Hall–Kier alpha value is -2.09. The average molecular weight is 409 g/mol. The fraction of sp³-hybridized carbons (Fsp3) is 0.316. The molecule has 0 bridgehead atoms. The Morgan fingerprint density at radius 3 is 2.63 bits per heavy atom. The third-order valence-electron chi connectivity index (χ3n) is 4.27. The van der Waals surface area contributed by atoms with Gasteiger partial charge < -0.3 is 10.2 Å². The van der Waals surface area contributed by atoms with Crippen LogP contribution in [0.3, 0.4) is 0 Å². The molecule has 0 spiro atoms. The van der Waals surface area contributed by atoms with Crippen LogP contribution in [0.1, 0.15) is 20.3 Å². The highest BCUT2D eigenvalue weighted by atomic mass is 35.5. The molecule has 1 aliphatic heterocycles. The summed E-state index contributed by atoms with van der Waals surface area (Å²) in [6.45, 7) is 3.96. The highest BCUT2D eigenvalue weighted by Crippen LogP contribution is 2.35. The van der Waals surface area contributed by atoms with Crippen LogP contribution in [0.15, 0.2) is 53.4 Å². The summed E-state index contributed by atoms with van der Waals surface area (Å²) in [6.07, 6.45) is 0.371. The van der Waals surface area contributed by atoms with Crippen molar-refractivity contribution < 1.29 is 17.4 Å². The Bertz CT molecular complexity index is 960. The molecular formula is C19H21ClN2O4S. The molecule has 2 aromatic carbocycles. The molecule has 0 fully saturated rings. The Labute approximate surface area is 164 Å². The van der Waals surface area contributed by atoms with Gasteiger partial charge in [0.25, 0.3) is 16.0 Å².